The monoisotopic (exact) mass is 213 g/mol. The van der Waals surface area contributed by atoms with Crippen molar-refractivity contribution in [3.05, 3.63) is 0 Å². The summed E-state index contributed by atoms with van der Waals surface area (Å²) in [5, 5.41) is 3.35. The third-order valence-corrected chi connectivity index (χ3v) is 2.72. The number of hydrogen-bond acceptors (Lipinski definition) is 2. The summed E-state index contributed by atoms with van der Waals surface area (Å²) in [6.45, 7) is 7.07. The first-order valence-electron chi connectivity index (χ1n) is 5.71. The highest BCUT2D eigenvalue weighted by atomic mass is 16.2. The average molecular weight is 213 g/mol. The third-order valence-electron chi connectivity index (χ3n) is 2.72. The second-order valence-corrected chi connectivity index (χ2v) is 4.86. The van der Waals surface area contributed by atoms with Crippen LogP contribution >= 0.6 is 0 Å². The molecule has 0 spiro atoms. The molecule has 0 saturated carbocycles. The van der Waals surface area contributed by atoms with Crippen LogP contribution in [-0.4, -0.2) is 55.6 Å². The fourth-order valence-electron chi connectivity index (χ4n) is 2.02. The first-order valence-corrected chi connectivity index (χ1v) is 5.71. The van der Waals surface area contributed by atoms with Crippen molar-refractivity contribution in [2.75, 3.05) is 33.7 Å². The van der Waals surface area contributed by atoms with Gasteiger partial charge in [0.1, 0.15) is 0 Å². The summed E-state index contributed by atoms with van der Waals surface area (Å²) >= 11 is 0. The molecule has 1 rings (SSSR count). The molecule has 0 aromatic rings. The van der Waals surface area contributed by atoms with Crippen LogP contribution in [0.3, 0.4) is 0 Å². The highest BCUT2D eigenvalue weighted by Gasteiger charge is 2.27. The fraction of sp³-hybridized carbons (Fsp3) is 0.909. The number of amides is 2. The molecule has 0 aromatic heterocycles. The van der Waals surface area contributed by atoms with Gasteiger partial charge in [-0.25, -0.2) is 4.79 Å². The topological polar surface area (TPSA) is 35.6 Å². The van der Waals surface area contributed by atoms with Crippen LogP contribution in [-0.2, 0) is 0 Å². The number of rotatable bonds is 2. The van der Waals surface area contributed by atoms with Gasteiger partial charge in [-0.1, -0.05) is 13.8 Å². The number of urea groups is 1. The van der Waals surface area contributed by atoms with Crippen molar-refractivity contribution >= 4 is 6.03 Å². The van der Waals surface area contributed by atoms with E-state index in [2.05, 4.69) is 19.2 Å². The SMILES string of the molecule is CC(C)CC1CNCCN1C(=O)N(C)C. The van der Waals surface area contributed by atoms with E-state index in [1.54, 1.807) is 4.90 Å². The van der Waals surface area contributed by atoms with Gasteiger partial charge in [-0.15, -0.1) is 0 Å². The highest BCUT2D eigenvalue weighted by molar-refractivity contribution is 5.74. The van der Waals surface area contributed by atoms with E-state index >= 15 is 0 Å². The second kappa shape index (κ2) is 5.35. The summed E-state index contributed by atoms with van der Waals surface area (Å²) in [5.74, 6) is 0.632. The van der Waals surface area contributed by atoms with Gasteiger partial charge in [0.15, 0.2) is 0 Å². The Morgan fingerprint density at radius 1 is 1.53 bits per heavy atom. The normalized spacial score (nSPS) is 21.9. The molecule has 0 radical (unpaired) electrons. The van der Waals surface area contributed by atoms with E-state index in [-0.39, 0.29) is 6.03 Å². The Labute approximate surface area is 92.6 Å². The van der Waals surface area contributed by atoms with Gasteiger partial charge < -0.3 is 15.1 Å². The maximum absolute atomic E-state index is 11.9. The van der Waals surface area contributed by atoms with Crippen molar-refractivity contribution in [1.29, 1.82) is 0 Å². The predicted molar refractivity (Wildman–Crippen MR) is 61.9 cm³/mol. The molecule has 1 heterocycles. The second-order valence-electron chi connectivity index (χ2n) is 4.86. The number of nitrogens with zero attached hydrogens (tertiary/aromatic N) is 2. The van der Waals surface area contributed by atoms with E-state index in [1.807, 2.05) is 19.0 Å². The van der Waals surface area contributed by atoms with Gasteiger partial charge in [-0.05, 0) is 12.3 Å². The van der Waals surface area contributed by atoms with Crippen molar-refractivity contribution in [3.63, 3.8) is 0 Å². The number of piperazine rings is 1. The number of nitrogens with one attached hydrogen (secondary N) is 1. The summed E-state index contributed by atoms with van der Waals surface area (Å²) in [5.41, 5.74) is 0. The minimum atomic E-state index is 0.141. The Bertz CT molecular complexity index is 216. The van der Waals surface area contributed by atoms with E-state index in [4.69, 9.17) is 0 Å². The lowest BCUT2D eigenvalue weighted by atomic mass is 10.0. The first kappa shape index (κ1) is 12.3. The lowest BCUT2D eigenvalue weighted by Gasteiger charge is -2.38. The lowest BCUT2D eigenvalue weighted by Crippen LogP contribution is -2.56. The maximum Gasteiger partial charge on any atom is 0.319 e. The van der Waals surface area contributed by atoms with Gasteiger partial charge >= 0.3 is 6.03 Å². The zero-order valence-electron chi connectivity index (χ0n) is 10.3. The smallest absolute Gasteiger partial charge is 0.319 e. The van der Waals surface area contributed by atoms with Crippen molar-refractivity contribution < 1.29 is 4.79 Å². The van der Waals surface area contributed by atoms with E-state index < -0.39 is 0 Å². The van der Waals surface area contributed by atoms with Gasteiger partial charge in [-0.2, -0.15) is 0 Å². The maximum atomic E-state index is 11.9. The molecular weight excluding hydrogens is 190 g/mol. The standard InChI is InChI=1S/C11H23N3O/c1-9(2)7-10-8-12-5-6-14(10)11(15)13(3)4/h9-10,12H,5-8H2,1-4H3. The van der Waals surface area contributed by atoms with Crippen LogP contribution in [0.4, 0.5) is 4.79 Å². The van der Waals surface area contributed by atoms with Crippen molar-refractivity contribution in [3.8, 4) is 0 Å². The molecule has 1 atom stereocenters. The Hall–Kier alpha value is -0.770. The Morgan fingerprint density at radius 3 is 2.73 bits per heavy atom. The molecule has 1 N–H and O–H groups in total. The summed E-state index contributed by atoms with van der Waals surface area (Å²) in [6, 6.07) is 0.496. The first-order chi connectivity index (χ1) is 7.02. The molecule has 1 unspecified atom stereocenters. The van der Waals surface area contributed by atoms with Crippen molar-refractivity contribution in [2.24, 2.45) is 5.92 Å². The van der Waals surface area contributed by atoms with Crippen LogP contribution in [0.25, 0.3) is 0 Å². The van der Waals surface area contributed by atoms with Crippen LogP contribution in [0.2, 0.25) is 0 Å². The van der Waals surface area contributed by atoms with Crippen LogP contribution < -0.4 is 5.32 Å². The highest BCUT2D eigenvalue weighted by Crippen LogP contribution is 2.14. The molecule has 1 saturated heterocycles. The molecule has 4 nitrogen and oxygen atoms in total. The minimum Gasteiger partial charge on any atom is -0.331 e. The van der Waals surface area contributed by atoms with Gasteiger partial charge in [-0.3, -0.25) is 0 Å². The fourth-order valence-corrected chi connectivity index (χ4v) is 2.02. The van der Waals surface area contributed by atoms with Gasteiger partial charge in [0.25, 0.3) is 0 Å². The molecule has 4 heteroatoms. The quantitative estimate of drug-likeness (QED) is 0.742. The summed E-state index contributed by atoms with van der Waals surface area (Å²) in [4.78, 5) is 15.6. The van der Waals surface area contributed by atoms with Crippen LogP contribution in [0.5, 0.6) is 0 Å². The molecule has 15 heavy (non-hydrogen) atoms. The number of carbonyl (C=O) groups excluding carboxylic acids is 1. The van der Waals surface area contributed by atoms with Crippen LogP contribution in [0.15, 0.2) is 0 Å². The molecule has 2 amide bonds. The van der Waals surface area contributed by atoms with Gasteiger partial charge in [0.2, 0.25) is 0 Å². The Morgan fingerprint density at radius 2 is 2.20 bits per heavy atom. The zero-order valence-corrected chi connectivity index (χ0v) is 10.3. The molecular formula is C11H23N3O. The predicted octanol–water partition coefficient (Wildman–Crippen LogP) is 0.988. The summed E-state index contributed by atoms with van der Waals surface area (Å²) in [7, 11) is 3.63. The zero-order chi connectivity index (χ0) is 11.4. The van der Waals surface area contributed by atoms with E-state index in [0.29, 0.717) is 12.0 Å². The molecule has 88 valence electrons. The molecule has 0 aliphatic carbocycles. The lowest BCUT2D eigenvalue weighted by molar-refractivity contribution is 0.126. The number of hydrogen-bond donors (Lipinski definition) is 1. The van der Waals surface area contributed by atoms with Crippen LogP contribution in [0, 0.1) is 5.92 Å². The summed E-state index contributed by atoms with van der Waals surface area (Å²) < 4.78 is 0. The minimum absolute atomic E-state index is 0.141. The number of carbonyl (C=O) groups is 1. The van der Waals surface area contributed by atoms with Crippen LogP contribution in [0.1, 0.15) is 20.3 Å². The average Bonchev–Trinajstić information content (AvgIpc) is 2.16. The largest absolute Gasteiger partial charge is 0.331 e. The molecule has 0 aromatic carbocycles. The van der Waals surface area contributed by atoms with Gasteiger partial charge in [0, 0.05) is 39.8 Å². The molecule has 0 bridgehead atoms. The molecule has 1 fully saturated rings. The van der Waals surface area contributed by atoms with E-state index in [9.17, 15) is 4.79 Å². The van der Waals surface area contributed by atoms with Crippen molar-refractivity contribution in [2.45, 2.75) is 26.3 Å². The van der Waals surface area contributed by atoms with E-state index in [1.165, 1.54) is 0 Å². The van der Waals surface area contributed by atoms with Crippen molar-refractivity contribution in [1.82, 2.24) is 15.1 Å². The Kier molecular flexibility index (Phi) is 4.39. The van der Waals surface area contributed by atoms with Gasteiger partial charge in [0.05, 0.1) is 0 Å². The summed E-state index contributed by atoms with van der Waals surface area (Å²) in [6.07, 6.45) is 1.08. The third kappa shape index (κ3) is 3.38. The van der Waals surface area contributed by atoms with E-state index in [0.717, 1.165) is 26.1 Å². The Balaban J connectivity index is 2.61. The molecule has 1 aliphatic heterocycles. The molecule has 1 aliphatic rings.